The standard InChI is InChI=1S/C17H16O4/c18-16(19)10-9-13-7-4-8-15(11-13)17(20)21-12-14-5-2-1-3-6-14/h1-8,11H,9-10,12H2,(H,18,19). The molecule has 0 atom stereocenters. The van der Waals surface area contributed by atoms with Crippen molar-refractivity contribution in [3.8, 4) is 0 Å². The van der Waals surface area contributed by atoms with Crippen LogP contribution in [-0.2, 0) is 22.6 Å². The van der Waals surface area contributed by atoms with Gasteiger partial charge in [0, 0.05) is 6.42 Å². The third-order valence-corrected chi connectivity index (χ3v) is 3.00. The summed E-state index contributed by atoms with van der Waals surface area (Å²) in [5, 5.41) is 8.67. The Morgan fingerprint density at radius 2 is 1.67 bits per heavy atom. The van der Waals surface area contributed by atoms with E-state index in [-0.39, 0.29) is 13.0 Å². The number of hydrogen-bond donors (Lipinski definition) is 1. The molecule has 4 nitrogen and oxygen atoms in total. The van der Waals surface area contributed by atoms with E-state index in [4.69, 9.17) is 9.84 Å². The lowest BCUT2D eigenvalue weighted by Gasteiger charge is -2.06. The SMILES string of the molecule is O=C(O)CCc1cccc(C(=O)OCc2ccccc2)c1. The molecule has 0 saturated heterocycles. The highest BCUT2D eigenvalue weighted by Crippen LogP contribution is 2.10. The lowest BCUT2D eigenvalue weighted by atomic mass is 10.1. The van der Waals surface area contributed by atoms with E-state index in [1.807, 2.05) is 30.3 Å². The summed E-state index contributed by atoms with van der Waals surface area (Å²) in [6.45, 7) is 0.221. The summed E-state index contributed by atoms with van der Waals surface area (Å²) in [5.41, 5.74) is 2.17. The lowest BCUT2D eigenvalue weighted by Crippen LogP contribution is -2.06. The highest BCUT2D eigenvalue weighted by molar-refractivity contribution is 5.89. The number of carbonyl (C=O) groups excluding carboxylic acids is 1. The zero-order chi connectivity index (χ0) is 15.1. The molecule has 0 radical (unpaired) electrons. The highest BCUT2D eigenvalue weighted by Gasteiger charge is 2.08. The largest absolute Gasteiger partial charge is 0.481 e. The van der Waals surface area contributed by atoms with Crippen LogP contribution in [-0.4, -0.2) is 17.0 Å². The van der Waals surface area contributed by atoms with Crippen LogP contribution in [0.1, 0.15) is 27.9 Å². The van der Waals surface area contributed by atoms with Crippen molar-refractivity contribution in [2.24, 2.45) is 0 Å². The summed E-state index contributed by atoms with van der Waals surface area (Å²) in [4.78, 5) is 22.5. The Morgan fingerprint density at radius 3 is 2.38 bits per heavy atom. The number of hydrogen-bond acceptors (Lipinski definition) is 3. The van der Waals surface area contributed by atoms with Gasteiger partial charge in [0.1, 0.15) is 6.61 Å². The molecule has 0 amide bonds. The number of carboxylic acids is 1. The number of benzene rings is 2. The van der Waals surface area contributed by atoms with Crippen LogP contribution in [0.2, 0.25) is 0 Å². The molecule has 2 aromatic carbocycles. The Hall–Kier alpha value is -2.62. The average molecular weight is 284 g/mol. The van der Waals surface area contributed by atoms with Gasteiger partial charge in [0.25, 0.3) is 0 Å². The van der Waals surface area contributed by atoms with Gasteiger partial charge in [-0.25, -0.2) is 4.79 Å². The van der Waals surface area contributed by atoms with Crippen molar-refractivity contribution >= 4 is 11.9 Å². The molecule has 0 aliphatic carbocycles. The van der Waals surface area contributed by atoms with Crippen molar-refractivity contribution in [1.29, 1.82) is 0 Å². The molecule has 1 N–H and O–H groups in total. The van der Waals surface area contributed by atoms with Gasteiger partial charge in [0.05, 0.1) is 5.56 Å². The molecule has 108 valence electrons. The van der Waals surface area contributed by atoms with Gasteiger partial charge >= 0.3 is 11.9 Å². The molecular weight excluding hydrogens is 268 g/mol. The monoisotopic (exact) mass is 284 g/mol. The van der Waals surface area contributed by atoms with E-state index in [0.29, 0.717) is 12.0 Å². The van der Waals surface area contributed by atoms with E-state index >= 15 is 0 Å². The van der Waals surface area contributed by atoms with E-state index < -0.39 is 11.9 Å². The first-order chi connectivity index (χ1) is 10.1. The Morgan fingerprint density at radius 1 is 0.952 bits per heavy atom. The molecular formula is C17H16O4. The van der Waals surface area contributed by atoms with E-state index in [0.717, 1.165) is 11.1 Å². The second kappa shape index (κ2) is 7.24. The second-order valence-electron chi connectivity index (χ2n) is 4.66. The molecule has 2 rings (SSSR count). The maximum atomic E-state index is 12.0. The predicted molar refractivity (Wildman–Crippen MR) is 78.0 cm³/mol. The molecule has 4 heteroatoms. The van der Waals surface area contributed by atoms with Crippen LogP contribution in [0.5, 0.6) is 0 Å². The Bertz CT molecular complexity index is 620. The first-order valence-corrected chi connectivity index (χ1v) is 6.67. The summed E-state index contributed by atoms with van der Waals surface area (Å²) < 4.78 is 5.24. The summed E-state index contributed by atoms with van der Waals surface area (Å²) in [6, 6.07) is 16.3. The van der Waals surface area contributed by atoms with Gasteiger partial charge in [-0.1, -0.05) is 42.5 Å². The molecule has 0 aliphatic heterocycles. The minimum absolute atomic E-state index is 0.0442. The van der Waals surface area contributed by atoms with Gasteiger partial charge < -0.3 is 9.84 Å². The zero-order valence-corrected chi connectivity index (χ0v) is 11.5. The van der Waals surface area contributed by atoms with Crippen molar-refractivity contribution in [3.05, 3.63) is 71.3 Å². The minimum atomic E-state index is -0.855. The molecule has 0 unspecified atom stereocenters. The highest BCUT2D eigenvalue weighted by atomic mass is 16.5. The number of aliphatic carboxylic acids is 1. The van der Waals surface area contributed by atoms with Gasteiger partial charge in [0.2, 0.25) is 0 Å². The van der Waals surface area contributed by atoms with E-state index in [1.165, 1.54) is 0 Å². The van der Waals surface area contributed by atoms with Crippen molar-refractivity contribution in [1.82, 2.24) is 0 Å². The fourth-order valence-electron chi connectivity index (χ4n) is 1.91. The van der Waals surface area contributed by atoms with Gasteiger partial charge in [-0.15, -0.1) is 0 Å². The van der Waals surface area contributed by atoms with Gasteiger partial charge in [-0.2, -0.15) is 0 Å². The Labute approximate surface area is 123 Å². The molecule has 0 spiro atoms. The molecule has 2 aromatic rings. The summed E-state index contributed by atoms with van der Waals surface area (Å²) in [5.74, 6) is -1.26. The lowest BCUT2D eigenvalue weighted by molar-refractivity contribution is -0.136. The Kier molecular flexibility index (Phi) is 5.10. The van der Waals surface area contributed by atoms with Crippen LogP contribution >= 0.6 is 0 Å². The number of carbonyl (C=O) groups is 2. The molecule has 0 aliphatic rings. The molecule has 0 fully saturated rings. The van der Waals surface area contributed by atoms with Crippen molar-refractivity contribution < 1.29 is 19.4 Å². The zero-order valence-electron chi connectivity index (χ0n) is 11.5. The van der Waals surface area contributed by atoms with Gasteiger partial charge in [-0.05, 0) is 29.7 Å². The first-order valence-electron chi connectivity index (χ1n) is 6.67. The fourth-order valence-corrected chi connectivity index (χ4v) is 1.91. The number of ether oxygens (including phenoxy) is 1. The summed E-state index contributed by atoms with van der Waals surface area (Å²) >= 11 is 0. The topological polar surface area (TPSA) is 63.6 Å². The van der Waals surface area contributed by atoms with E-state index in [1.54, 1.807) is 24.3 Å². The van der Waals surface area contributed by atoms with Crippen molar-refractivity contribution in [3.63, 3.8) is 0 Å². The predicted octanol–water partition coefficient (Wildman–Crippen LogP) is 3.06. The van der Waals surface area contributed by atoms with Crippen LogP contribution in [0, 0.1) is 0 Å². The maximum Gasteiger partial charge on any atom is 0.338 e. The van der Waals surface area contributed by atoms with Crippen LogP contribution in [0.4, 0.5) is 0 Å². The smallest absolute Gasteiger partial charge is 0.338 e. The molecule has 0 bridgehead atoms. The number of rotatable bonds is 6. The van der Waals surface area contributed by atoms with Crippen LogP contribution in [0.15, 0.2) is 54.6 Å². The van der Waals surface area contributed by atoms with Crippen molar-refractivity contribution in [2.45, 2.75) is 19.4 Å². The molecule has 21 heavy (non-hydrogen) atoms. The van der Waals surface area contributed by atoms with Crippen molar-refractivity contribution in [2.75, 3.05) is 0 Å². The Balaban J connectivity index is 1.95. The van der Waals surface area contributed by atoms with E-state index in [9.17, 15) is 9.59 Å². The van der Waals surface area contributed by atoms with E-state index in [2.05, 4.69) is 0 Å². The van der Waals surface area contributed by atoms with Crippen LogP contribution in [0.3, 0.4) is 0 Å². The summed E-state index contributed by atoms with van der Waals surface area (Å²) in [7, 11) is 0. The molecule has 0 heterocycles. The third-order valence-electron chi connectivity index (χ3n) is 3.00. The number of carboxylic acid groups (broad SMARTS) is 1. The first kappa shape index (κ1) is 14.8. The number of aryl methyl sites for hydroxylation is 1. The maximum absolute atomic E-state index is 12.0. The van der Waals surface area contributed by atoms with Gasteiger partial charge in [0.15, 0.2) is 0 Å². The fraction of sp³-hybridized carbons (Fsp3) is 0.176. The molecule has 0 aromatic heterocycles. The molecule has 0 saturated carbocycles. The summed E-state index contributed by atoms with van der Waals surface area (Å²) in [6.07, 6.45) is 0.442. The third kappa shape index (κ3) is 4.76. The second-order valence-corrected chi connectivity index (χ2v) is 4.66. The number of esters is 1. The van der Waals surface area contributed by atoms with Crippen LogP contribution < -0.4 is 0 Å². The average Bonchev–Trinajstić information content (AvgIpc) is 2.52. The normalized spacial score (nSPS) is 10.1. The minimum Gasteiger partial charge on any atom is -0.481 e. The van der Waals surface area contributed by atoms with Gasteiger partial charge in [-0.3, -0.25) is 4.79 Å². The van der Waals surface area contributed by atoms with Crippen LogP contribution in [0.25, 0.3) is 0 Å². The quantitative estimate of drug-likeness (QED) is 0.828.